The molecule has 1 aromatic rings. The Bertz CT molecular complexity index is 284. The molecule has 2 nitrogen and oxygen atoms in total. The predicted molar refractivity (Wildman–Crippen MR) is 71.1 cm³/mol. The maximum absolute atomic E-state index is 9.82. The van der Waals surface area contributed by atoms with Gasteiger partial charge in [-0.05, 0) is 44.6 Å². The fourth-order valence-corrected chi connectivity index (χ4v) is 1.88. The molecule has 0 saturated heterocycles. The number of aryl methyl sites for hydroxylation is 1. The van der Waals surface area contributed by atoms with Crippen molar-refractivity contribution in [3.8, 4) is 0 Å². The minimum atomic E-state index is -0.184. The molecule has 0 aromatic heterocycles. The molecule has 0 amide bonds. The quantitative estimate of drug-likeness (QED) is 0.751. The van der Waals surface area contributed by atoms with E-state index in [0.29, 0.717) is 0 Å². The molecule has 1 N–H and O–H groups in total. The summed E-state index contributed by atoms with van der Waals surface area (Å²) in [5, 5.41) is 9.82. The summed E-state index contributed by atoms with van der Waals surface area (Å²) in [6.07, 6.45) is 4.82. The van der Waals surface area contributed by atoms with E-state index >= 15 is 0 Å². The van der Waals surface area contributed by atoms with E-state index in [0.717, 1.165) is 32.1 Å². The molecular formula is C15H24O2. The van der Waals surface area contributed by atoms with Crippen molar-refractivity contribution in [2.24, 2.45) is 0 Å². The van der Waals surface area contributed by atoms with Crippen LogP contribution in [0.2, 0.25) is 0 Å². The van der Waals surface area contributed by atoms with Gasteiger partial charge < -0.3 is 9.84 Å². The highest BCUT2D eigenvalue weighted by molar-refractivity contribution is 5.14. The lowest BCUT2D eigenvalue weighted by Crippen LogP contribution is -2.12. The molecule has 0 heterocycles. The molecule has 0 radical (unpaired) electrons. The van der Waals surface area contributed by atoms with E-state index in [1.807, 2.05) is 13.0 Å². The average Bonchev–Trinajstić information content (AvgIpc) is 2.37. The van der Waals surface area contributed by atoms with Gasteiger partial charge in [0.2, 0.25) is 0 Å². The number of rotatable bonds is 8. The third-order valence-corrected chi connectivity index (χ3v) is 3.15. The number of benzene rings is 1. The summed E-state index contributed by atoms with van der Waals surface area (Å²) in [7, 11) is 1.71. The highest BCUT2D eigenvalue weighted by atomic mass is 16.5. The summed E-state index contributed by atoms with van der Waals surface area (Å²) in [5.74, 6) is 0. The first-order valence-corrected chi connectivity index (χ1v) is 6.47. The third-order valence-electron chi connectivity index (χ3n) is 3.15. The van der Waals surface area contributed by atoms with Crippen LogP contribution in [0.15, 0.2) is 30.3 Å². The van der Waals surface area contributed by atoms with Crippen molar-refractivity contribution in [3.05, 3.63) is 35.9 Å². The van der Waals surface area contributed by atoms with Gasteiger partial charge in [0.15, 0.2) is 0 Å². The van der Waals surface area contributed by atoms with Crippen molar-refractivity contribution in [3.63, 3.8) is 0 Å². The largest absolute Gasteiger partial charge is 0.393 e. The number of aliphatic hydroxyl groups is 1. The van der Waals surface area contributed by atoms with Crippen LogP contribution >= 0.6 is 0 Å². The van der Waals surface area contributed by atoms with Crippen molar-refractivity contribution in [1.29, 1.82) is 0 Å². The molecule has 0 spiro atoms. The van der Waals surface area contributed by atoms with Crippen LogP contribution in [0.3, 0.4) is 0 Å². The van der Waals surface area contributed by atoms with Gasteiger partial charge in [0, 0.05) is 7.11 Å². The lowest BCUT2D eigenvalue weighted by atomic mass is 10.0. The van der Waals surface area contributed by atoms with E-state index in [-0.39, 0.29) is 12.2 Å². The SMILES string of the molecule is COC(C)CCC(O)CCCc1ccccc1. The van der Waals surface area contributed by atoms with Crippen molar-refractivity contribution in [1.82, 2.24) is 0 Å². The highest BCUT2D eigenvalue weighted by Gasteiger charge is 2.07. The van der Waals surface area contributed by atoms with Gasteiger partial charge in [-0.15, -0.1) is 0 Å². The molecule has 0 bridgehead atoms. The van der Waals surface area contributed by atoms with Gasteiger partial charge in [-0.3, -0.25) is 0 Å². The Balaban J connectivity index is 2.10. The molecule has 0 saturated carbocycles. The summed E-state index contributed by atoms with van der Waals surface area (Å²) in [4.78, 5) is 0. The van der Waals surface area contributed by atoms with E-state index in [1.54, 1.807) is 7.11 Å². The maximum atomic E-state index is 9.82. The second-order valence-corrected chi connectivity index (χ2v) is 4.66. The lowest BCUT2D eigenvalue weighted by molar-refractivity contribution is 0.0819. The summed E-state index contributed by atoms with van der Waals surface area (Å²) in [5.41, 5.74) is 1.35. The van der Waals surface area contributed by atoms with Crippen molar-refractivity contribution in [2.75, 3.05) is 7.11 Å². The summed E-state index contributed by atoms with van der Waals surface area (Å²) >= 11 is 0. The monoisotopic (exact) mass is 236 g/mol. The Morgan fingerprint density at radius 2 is 1.82 bits per heavy atom. The second kappa shape index (κ2) is 8.26. The van der Waals surface area contributed by atoms with Crippen LogP contribution in [0.4, 0.5) is 0 Å². The molecule has 0 aliphatic heterocycles. The van der Waals surface area contributed by atoms with Crippen molar-refractivity contribution in [2.45, 2.75) is 51.2 Å². The molecular weight excluding hydrogens is 212 g/mol. The Morgan fingerprint density at radius 1 is 1.12 bits per heavy atom. The zero-order valence-electron chi connectivity index (χ0n) is 10.9. The first kappa shape index (κ1) is 14.2. The number of methoxy groups -OCH3 is 1. The van der Waals surface area contributed by atoms with Gasteiger partial charge in [-0.1, -0.05) is 30.3 Å². The standard InChI is InChI=1S/C15H24O2/c1-13(17-2)11-12-15(16)10-6-9-14-7-4-3-5-8-14/h3-5,7-8,13,15-16H,6,9-12H2,1-2H3. The fourth-order valence-electron chi connectivity index (χ4n) is 1.88. The van der Waals surface area contributed by atoms with Crippen LogP contribution in [0.5, 0.6) is 0 Å². The first-order valence-electron chi connectivity index (χ1n) is 6.47. The van der Waals surface area contributed by atoms with Gasteiger partial charge in [-0.2, -0.15) is 0 Å². The Labute approximate surface area is 105 Å². The van der Waals surface area contributed by atoms with E-state index in [9.17, 15) is 5.11 Å². The van der Waals surface area contributed by atoms with Gasteiger partial charge in [0.1, 0.15) is 0 Å². The second-order valence-electron chi connectivity index (χ2n) is 4.66. The Morgan fingerprint density at radius 3 is 2.47 bits per heavy atom. The fraction of sp³-hybridized carbons (Fsp3) is 0.600. The van der Waals surface area contributed by atoms with E-state index in [2.05, 4.69) is 24.3 Å². The molecule has 1 aromatic carbocycles. The molecule has 96 valence electrons. The Hall–Kier alpha value is -0.860. The van der Waals surface area contributed by atoms with E-state index in [1.165, 1.54) is 5.56 Å². The Kier molecular flexibility index (Phi) is 6.90. The van der Waals surface area contributed by atoms with Gasteiger partial charge in [0.05, 0.1) is 12.2 Å². The van der Waals surface area contributed by atoms with Gasteiger partial charge in [-0.25, -0.2) is 0 Å². The maximum Gasteiger partial charge on any atom is 0.0544 e. The number of hydrogen-bond acceptors (Lipinski definition) is 2. The molecule has 2 heteroatoms. The molecule has 1 rings (SSSR count). The van der Waals surface area contributed by atoms with Crippen LogP contribution in [-0.4, -0.2) is 24.4 Å². The van der Waals surface area contributed by atoms with Crippen LogP contribution < -0.4 is 0 Å². The zero-order valence-corrected chi connectivity index (χ0v) is 10.9. The predicted octanol–water partition coefficient (Wildman–Crippen LogP) is 3.19. The van der Waals surface area contributed by atoms with Gasteiger partial charge in [0.25, 0.3) is 0 Å². The van der Waals surface area contributed by atoms with Gasteiger partial charge >= 0.3 is 0 Å². The third kappa shape index (κ3) is 6.44. The minimum Gasteiger partial charge on any atom is -0.393 e. The molecule has 0 aliphatic carbocycles. The number of ether oxygens (including phenoxy) is 1. The van der Waals surface area contributed by atoms with Crippen LogP contribution in [0, 0.1) is 0 Å². The van der Waals surface area contributed by atoms with Crippen LogP contribution in [-0.2, 0) is 11.2 Å². The lowest BCUT2D eigenvalue weighted by Gasteiger charge is -2.13. The summed E-state index contributed by atoms with van der Waals surface area (Å²) in [6.45, 7) is 2.04. The summed E-state index contributed by atoms with van der Waals surface area (Å²) < 4.78 is 5.16. The topological polar surface area (TPSA) is 29.5 Å². The summed E-state index contributed by atoms with van der Waals surface area (Å²) in [6, 6.07) is 10.4. The highest BCUT2D eigenvalue weighted by Crippen LogP contribution is 2.11. The molecule has 0 aliphatic rings. The normalized spacial score (nSPS) is 14.5. The number of hydrogen-bond donors (Lipinski definition) is 1. The van der Waals surface area contributed by atoms with Crippen LogP contribution in [0.1, 0.15) is 38.2 Å². The zero-order chi connectivity index (χ0) is 12.5. The minimum absolute atomic E-state index is 0.184. The smallest absolute Gasteiger partial charge is 0.0544 e. The average molecular weight is 236 g/mol. The first-order chi connectivity index (χ1) is 8.22. The van der Waals surface area contributed by atoms with E-state index < -0.39 is 0 Å². The molecule has 0 fully saturated rings. The molecule has 17 heavy (non-hydrogen) atoms. The number of aliphatic hydroxyl groups excluding tert-OH is 1. The van der Waals surface area contributed by atoms with Crippen molar-refractivity contribution < 1.29 is 9.84 Å². The molecule has 2 unspecified atom stereocenters. The van der Waals surface area contributed by atoms with E-state index in [4.69, 9.17) is 4.74 Å². The molecule has 2 atom stereocenters. The van der Waals surface area contributed by atoms with Crippen LogP contribution in [0.25, 0.3) is 0 Å². The van der Waals surface area contributed by atoms with Crippen molar-refractivity contribution >= 4 is 0 Å².